The maximum Gasteiger partial charge on any atom is 2.00 e. The van der Waals surface area contributed by atoms with Crippen LogP contribution < -0.4 is 20.8 Å². The summed E-state index contributed by atoms with van der Waals surface area (Å²) in [6.45, 7) is -1.23. The third-order valence-corrected chi connectivity index (χ3v) is 6.44. The van der Waals surface area contributed by atoms with Crippen LogP contribution in [0.4, 0.5) is 11.4 Å². The number of anilines is 2. The number of hydrogen-bond donors (Lipinski definition) is 4. The van der Waals surface area contributed by atoms with E-state index in [-0.39, 0.29) is 47.5 Å². The van der Waals surface area contributed by atoms with Gasteiger partial charge >= 0.3 is 37.7 Å². The van der Waals surface area contributed by atoms with Gasteiger partial charge in [0.25, 0.3) is 0 Å². The summed E-state index contributed by atoms with van der Waals surface area (Å²) < 4.78 is 44.7. The van der Waals surface area contributed by atoms with Crippen molar-refractivity contribution in [3.63, 3.8) is 0 Å². The van der Waals surface area contributed by atoms with Crippen LogP contribution in [-0.2, 0) is 29.3 Å². The Morgan fingerprint density at radius 3 is 1.14 bits per heavy atom. The summed E-state index contributed by atoms with van der Waals surface area (Å²) in [5.74, 6) is -2.86. The van der Waals surface area contributed by atoms with E-state index in [1.165, 1.54) is 48.5 Å². The van der Waals surface area contributed by atoms with Gasteiger partial charge in [-0.2, -0.15) is 0 Å². The van der Waals surface area contributed by atoms with E-state index in [2.05, 4.69) is 10.6 Å². The van der Waals surface area contributed by atoms with E-state index in [0.29, 0.717) is 11.4 Å². The molecule has 15 heteroatoms. The van der Waals surface area contributed by atoms with Gasteiger partial charge < -0.3 is 40.6 Å². The number of carbonyl (C=O) groups excluding carboxylic acids is 2. The van der Waals surface area contributed by atoms with Crippen molar-refractivity contribution in [1.29, 1.82) is 0 Å². The Labute approximate surface area is 232 Å². The maximum absolute atomic E-state index is 11.2. The summed E-state index contributed by atoms with van der Waals surface area (Å²) in [5, 5.41) is 43.6. The van der Waals surface area contributed by atoms with Gasteiger partial charge in [-0.1, -0.05) is 0 Å². The van der Waals surface area contributed by atoms with E-state index in [1.807, 2.05) is 0 Å². The molecule has 0 aliphatic carbocycles. The zero-order chi connectivity index (χ0) is 26.1. The van der Waals surface area contributed by atoms with E-state index >= 15 is 0 Å². The molecule has 0 saturated carbocycles. The standard InChI is InChI=1S/2C10H13NO5S.Ca/c2*1-17(15,16)8-4-2-7(3-5-8)11-9(6-12)10(13)14;/h2*2-5,9,11-12H,6H2,1H3,(H,13,14);/q;;+2/p-2/t2*9-;/m00./s1. The van der Waals surface area contributed by atoms with Gasteiger partial charge in [0.15, 0.2) is 19.7 Å². The van der Waals surface area contributed by atoms with Gasteiger partial charge in [0.2, 0.25) is 0 Å². The number of carboxylic acids is 2. The molecule has 2 rings (SSSR count). The summed E-state index contributed by atoms with van der Waals surface area (Å²) in [6.07, 6.45) is 2.15. The molecule has 0 fully saturated rings. The second-order valence-electron chi connectivity index (χ2n) is 6.99. The van der Waals surface area contributed by atoms with Crippen molar-refractivity contribution in [3.05, 3.63) is 48.5 Å². The Hall–Kier alpha value is -1.94. The van der Waals surface area contributed by atoms with Crippen LogP contribution in [0.25, 0.3) is 0 Å². The van der Waals surface area contributed by atoms with E-state index in [0.717, 1.165) is 12.5 Å². The number of sulfone groups is 2. The van der Waals surface area contributed by atoms with Gasteiger partial charge in [0.1, 0.15) is 0 Å². The first-order chi connectivity index (χ1) is 15.7. The van der Waals surface area contributed by atoms with Crippen LogP contribution in [0.3, 0.4) is 0 Å². The minimum absolute atomic E-state index is 0. The molecule has 12 nitrogen and oxygen atoms in total. The monoisotopic (exact) mass is 556 g/mol. The van der Waals surface area contributed by atoms with Crippen molar-refractivity contribution in [2.24, 2.45) is 0 Å². The number of carbonyl (C=O) groups is 2. The number of benzene rings is 2. The van der Waals surface area contributed by atoms with Gasteiger partial charge in [-0.05, 0) is 48.5 Å². The fourth-order valence-electron chi connectivity index (χ4n) is 2.36. The smallest absolute Gasteiger partial charge is 0.548 e. The Morgan fingerprint density at radius 1 is 0.714 bits per heavy atom. The molecular formula is C20H24CaN2O10S2. The molecule has 0 saturated heterocycles. The molecule has 0 unspecified atom stereocenters. The van der Waals surface area contributed by atoms with Crippen LogP contribution in [0.2, 0.25) is 0 Å². The quantitative estimate of drug-likeness (QED) is 0.214. The van der Waals surface area contributed by atoms with Crippen molar-refractivity contribution in [1.82, 2.24) is 0 Å². The third kappa shape index (κ3) is 11.6. The summed E-state index contributed by atoms with van der Waals surface area (Å²) in [5.41, 5.74) is 0.779. The zero-order valence-electron chi connectivity index (χ0n) is 18.9. The normalized spacial score (nSPS) is 12.7. The first kappa shape index (κ1) is 33.1. The number of rotatable bonds is 10. The maximum atomic E-state index is 11.2. The van der Waals surface area contributed by atoms with Crippen LogP contribution in [0, 0.1) is 0 Å². The first-order valence-electron chi connectivity index (χ1n) is 9.45. The molecular weight excluding hydrogens is 532 g/mol. The average Bonchev–Trinajstić information content (AvgIpc) is 2.75. The minimum atomic E-state index is -3.28. The molecule has 188 valence electrons. The van der Waals surface area contributed by atoms with Gasteiger partial charge in [0.05, 0.1) is 47.0 Å². The Balaban J connectivity index is 0.000000642. The number of aliphatic carboxylic acids is 2. The zero-order valence-corrected chi connectivity index (χ0v) is 22.7. The van der Waals surface area contributed by atoms with E-state index in [4.69, 9.17) is 10.2 Å². The van der Waals surface area contributed by atoms with Crippen molar-refractivity contribution in [2.45, 2.75) is 21.9 Å². The Morgan fingerprint density at radius 2 is 0.971 bits per heavy atom. The largest absolute Gasteiger partial charge is 2.00 e. The summed E-state index contributed by atoms with van der Waals surface area (Å²) in [6, 6.07) is 8.62. The molecule has 0 aliphatic rings. The molecule has 35 heavy (non-hydrogen) atoms. The number of hydrogen-bond acceptors (Lipinski definition) is 12. The molecule has 0 amide bonds. The van der Waals surface area contributed by atoms with Crippen LogP contribution in [0.1, 0.15) is 0 Å². The molecule has 0 aliphatic heterocycles. The Kier molecular flexibility index (Phi) is 13.8. The second kappa shape index (κ2) is 14.6. The molecule has 0 radical (unpaired) electrons. The molecule has 2 aromatic rings. The van der Waals surface area contributed by atoms with Crippen molar-refractivity contribution in [3.8, 4) is 0 Å². The van der Waals surface area contributed by atoms with E-state index in [1.54, 1.807) is 0 Å². The average molecular weight is 557 g/mol. The van der Waals surface area contributed by atoms with Gasteiger partial charge in [-0.3, -0.25) is 0 Å². The fourth-order valence-corrected chi connectivity index (χ4v) is 3.62. The topological polar surface area (TPSA) is 213 Å². The summed E-state index contributed by atoms with van der Waals surface area (Å²) in [7, 11) is -6.55. The minimum Gasteiger partial charge on any atom is -0.548 e. The molecule has 4 N–H and O–H groups in total. The summed E-state index contributed by atoms with van der Waals surface area (Å²) in [4.78, 5) is 21.3. The van der Waals surface area contributed by atoms with Crippen LogP contribution in [0.5, 0.6) is 0 Å². The summed E-state index contributed by atoms with van der Waals surface area (Å²) >= 11 is 0. The number of aliphatic hydroxyl groups excluding tert-OH is 2. The van der Waals surface area contributed by atoms with Crippen molar-refractivity contribution >= 4 is 80.7 Å². The van der Waals surface area contributed by atoms with E-state index < -0.39 is 56.9 Å². The van der Waals surface area contributed by atoms with Gasteiger partial charge in [-0.15, -0.1) is 0 Å². The van der Waals surface area contributed by atoms with Gasteiger partial charge in [0, 0.05) is 23.9 Å². The number of carboxylic acid groups (broad SMARTS) is 2. The number of nitrogens with one attached hydrogen (secondary N) is 2. The number of aliphatic hydroxyl groups is 2. The predicted molar refractivity (Wildman–Crippen MR) is 124 cm³/mol. The Bertz CT molecular complexity index is 1090. The first-order valence-corrected chi connectivity index (χ1v) is 13.2. The molecule has 0 heterocycles. The van der Waals surface area contributed by atoms with Crippen LogP contribution in [-0.4, -0.2) is 115 Å². The van der Waals surface area contributed by atoms with E-state index in [9.17, 15) is 36.6 Å². The molecule has 0 spiro atoms. The van der Waals surface area contributed by atoms with Crippen molar-refractivity contribution in [2.75, 3.05) is 36.4 Å². The van der Waals surface area contributed by atoms with Gasteiger partial charge in [-0.25, -0.2) is 16.8 Å². The molecule has 2 atom stereocenters. The molecule has 0 aromatic heterocycles. The van der Waals surface area contributed by atoms with Crippen molar-refractivity contribution < 1.29 is 46.9 Å². The molecule has 2 aromatic carbocycles. The third-order valence-electron chi connectivity index (χ3n) is 4.18. The van der Waals surface area contributed by atoms with Crippen LogP contribution in [0.15, 0.2) is 58.3 Å². The second-order valence-corrected chi connectivity index (χ2v) is 11.0. The van der Waals surface area contributed by atoms with Crippen LogP contribution >= 0.6 is 0 Å². The fraction of sp³-hybridized carbons (Fsp3) is 0.300. The predicted octanol–water partition coefficient (Wildman–Crippen LogP) is -3.16. The molecule has 0 bridgehead atoms. The SMILES string of the molecule is CS(=O)(=O)c1ccc(N[C@@H](CO)C(=O)[O-])cc1.CS(=O)(=O)c1ccc(N[C@@H](CO)C(=O)[O-])cc1.[Ca+2].